The first kappa shape index (κ1) is 11.1. The summed E-state index contributed by atoms with van der Waals surface area (Å²) in [7, 11) is 0. The molecular weight excluding hydrogens is 236 g/mol. The number of thioether (sulfide) groups is 1. The molecule has 0 saturated heterocycles. The summed E-state index contributed by atoms with van der Waals surface area (Å²) in [5, 5.41) is 17.1. The van der Waals surface area contributed by atoms with Crippen molar-refractivity contribution in [2.24, 2.45) is 0 Å². The predicted molar refractivity (Wildman–Crippen MR) is 71.5 cm³/mol. The number of benzene rings is 1. The van der Waals surface area contributed by atoms with Crippen molar-refractivity contribution in [2.45, 2.75) is 6.42 Å². The van der Waals surface area contributed by atoms with Crippen LogP contribution in [0, 0.1) is 16.7 Å². The number of nitriles is 1. The van der Waals surface area contributed by atoms with Crippen molar-refractivity contribution >= 4 is 38.8 Å². The molecule has 0 unspecified atom stereocenters. The van der Waals surface area contributed by atoms with Crippen molar-refractivity contribution in [3.8, 4) is 6.07 Å². The van der Waals surface area contributed by atoms with E-state index in [0.717, 1.165) is 15.3 Å². The molecule has 1 aliphatic rings. The Bertz CT molecular complexity index is 524. The van der Waals surface area contributed by atoms with Gasteiger partial charge in [-0.15, -0.1) is 0 Å². The maximum atomic E-state index is 9.07. The van der Waals surface area contributed by atoms with Crippen LogP contribution in [0.4, 0.5) is 0 Å². The van der Waals surface area contributed by atoms with E-state index in [1.165, 1.54) is 11.8 Å². The van der Waals surface area contributed by atoms with Crippen molar-refractivity contribution in [3.05, 3.63) is 41.5 Å². The molecule has 1 aromatic rings. The minimum atomic E-state index is 0.262. The van der Waals surface area contributed by atoms with Gasteiger partial charge >= 0.3 is 0 Å². The molecule has 0 aliphatic carbocycles. The first-order valence-electron chi connectivity index (χ1n) is 4.70. The number of nitrogens with one attached hydrogen (secondary N) is 1. The van der Waals surface area contributed by atoms with Gasteiger partial charge in [-0.2, -0.15) is 5.26 Å². The summed E-state index contributed by atoms with van der Waals surface area (Å²) in [6.07, 6.45) is 0.593. The molecule has 1 heterocycles. The van der Waals surface area contributed by atoms with Crippen LogP contribution in [0.2, 0.25) is 0 Å². The van der Waals surface area contributed by atoms with E-state index in [-0.39, 0.29) is 5.04 Å². The van der Waals surface area contributed by atoms with Gasteiger partial charge in [0.1, 0.15) is 11.1 Å². The molecule has 78 valence electrons. The van der Waals surface area contributed by atoms with Gasteiger partial charge in [-0.3, -0.25) is 5.41 Å². The predicted octanol–water partition coefficient (Wildman–Crippen LogP) is 3.41. The average molecular weight is 244 g/mol. The number of allylic oxidation sites excluding steroid dienone is 1. The SMILES string of the molecule is N#CC1=C(c2ccccc2)CC(=S)SC1=N. The van der Waals surface area contributed by atoms with Crippen LogP contribution < -0.4 is 0 Å². The molecule has 0 spiro atoms. The lowest BCUT2D eigenvalue weighted by atomic mass is 9.98. The summed E-state index contributed by atoms with van der Waals surface area (Å²) in [6.45, 7) is 0. The van der Waals surface area contributed by atoms with Gasteiger partial charge in [0.25, 0.3) is 0 Å². The van der Waals surface area contributed by atoms with Crippen LogP contribution in [0.5, 0.6) is 0 Å². The number of hydrogen-bond donors (Lipinski definition) is 1. The third kappa shape index (κ3) is 2.06. The second-order valence-corrected chi connectivity index (χ2v) is 5.17. The zero-order valence-electron chi connectivity index (χ0n) is 8.36. The Morgan fingerprint density at radius 3 is 2.62 bits per heavy atom. The Kier molecular flexibility index (Phi) is 3.18. The normalized spacial score (nSPS) is 16.2. The van der Waals surface area contributed by atoms with Crippen molar-refractivity contribution in [3.63, 3.8) is 0 Å². The highest BCUT2D eigenvalue weighted by molar-refractivity contribution is 8.33. The van der Waals surface area contributed by atoms with E-state index in [2.05, 4.69) is 6.07 Å². The third-order valence-corrected chi connectivity index (χ3v) is 3.47. The molecule has 0 saturated carbocycles. The molecule has 4 heteroatoms. The lowest BCUT2D eigenvalue weighted by Gasteiger charge is -2.17. The number of rotatable bonds is 1. The topological polar surface area (TPSA) is 47.6 Å². The Morgan fingerprint density at radius 2 is 2.00 bits per heavy atom. The van der Waals surface area contributed by atoms with Gasteiger partial charge in [0.2, 0.25) is 0 Å². The Labute approximate surface area is 103 Å². The highest BCUT2D eigenvalue weighted by Crippen LogP contribution is 2.33. The van der Waals surface area contributed by atoms with Gasteiger partial charge in [0.15, 0.2) is 0 Å². The Hall–Kier alpha value is -1.44. The van der Waals surface area contributed by atoms with Crippen LogP contribution in [-0.4, -0.2) is 9.24 Å². The van der Waals surface area contributed by atoms with Crippen LogP contribution >= 0.6 is 24.0 Å². The summed E-state index contributed by atoms with van der Waals surface area (Å²) in [5.41, 5.74) is 2.30. The monoisotopic (exact) mass is 244 g/mol. The van der Waals surface area contributed by atoms with Gasteiger partial charge in [0, 0.05) is 6.42 Å². The molecule has 2 nitrogen and oxygen atoms in total. The maximum absolute atomic E-state index is 9.07. The van der Waals surface area contributed by atoms with E-state index in [1.807, 2.05) is 30.3 Å². The zero-order chi connectivity index (χ0) is 11.5. The van der Waals surface area contributed by atoms with Crippen LogP contribution in [-0.2, 0) is 0 Å². The maximum Gasteiger partial charge on any atom is 0.111 e. The molecule has 1 aromatic carbocycles. The summed E-state index contributed by atoms with van der Waals surface area (Å²) < 4.78 is 0.753. The fourth-order valence-corrected chi connectivity index (χ4v) is 2.68. The molecule has 2 rings (SSSR count). The van der Waals surface area contributed by atoms with Gasteiger partial charge in [-0.1, -0.05) is 54.3 Å². The largest absolute Gasteiger partial charge is 0.292 e. The summed E-state index contributed by atoms with van der Waals surface area (Å²) >= 11 is 6.35. The number of nitrogens with zero attached hydrogens (tertiary/aromatic N) is 1. The average Bonchev–Trinajstić information content (AvgIpc) is 2.29. The Morgan fingerprint density at radius 1 is 1.31 bits per heavy atom. The molecule has 0 bridgehead atoms. The van der Waals surface area contributed by atoms with Crippen molar-refractivity contribution in [2.75, 3.05) is 0 Å². The van der Waals surface area contributed by atoms with Gasteiger partial charge in [-0.05, 0) is 11.1 Å². The lowest BCUT2D eigenvalue weighted by Crippen LogP contribution is -2.10. The van der Waals surface area contributed by atoms with Crippen molar-refractivity contribution in [1.82, 2.24) is 0 Å². The first-order valence-corrected chi connectivity index (χ1v) is 5.93. The van der Waals surface area contributed by atoms with Crippen LogP contribution in [0.3, 0.4) is 0 Å². The molecule has 0 atom stereocenters. The van der Waals surface area contributed by atoms with E-state index in [9.17, 15) is 0 Å². The number of thiocarbonyl (C=S) groups is 1. The minimum absolute atomic E-state index is 0.262. The van der Waals surface area contributed by atoms with Gasteiger partial charge < -0.3 is 0 Å². The molecule has 0 amide bonds. The van der Waals surface area contributed by atoms with E-state index in [1.54, 1.807) is 0 Å². The van der Waals surface area contributed by atoms with E-state index < -0.39 is 0 Å². The third-order valence-electron chi connectivity index (χ3n) is 2.30. The van der Waals surface area contributed by atoms with Crippen molar-refractivity contribution in [1.29, 1.82) is 10.7 Å². The van der Waals surface area contributed by atoms with E-state index >= 15 is 0 Å². The fourth-order valence-electron chi connectivity index (χ4n) is 1.57. The molecule has 16 heavy (non-hydrogen) atoms. The fraction of sp³-hybridized carbons (Fsp3) is 0.0833. The van der Waals surface area contributed by atoms with Crippen molar-refractivity contribution < 1.29 is 0 Å². The smallest absolute Gasteiger partial charge is 0.111 e. The second-order valence-electron chi connectivity index (χ2n) is 3.31. The zero-order valence-corrected chi connectivity index (χ0v) is 9.99. The lowest BCUT2D eigenvalue weighted by molar-refractivity contribution is 1.43. The standard InChI is InChI=1S/C12H8N2S2/c13-7-10-9(6-11(15)16-12(10)14)8-4-2-1-3-5-8/h1-5,14H,6H2. The summed E-state index contributed by atoms with van der Waals surface area (Å²) in [6, 6.07) is 11.8. The van der Waals surface area contributed by atoms with Crippen LogP contribution in [0.25, 0.3) is 5.57 Å². The molecular formula is C12H8N2S2. The van der Waals surface area contributed by atoms with Crippen LogP contribution in [0.1, 0.15) is 12.0 Å². The second kappa shape index (κ2) is 4.60. The highest BCUT2D eigenvalue weighted by Gasteiger charge is 2.22. The van der Waals surface area contributed by atoms with Gasteiger partial charge in [-0.25, -0.2) is 0 Å². The molecule has 0 radical (unpaired) electrons. The quantitative estimate of drug-likeness (QED) is 0.770. The summed E-state index contributed by atoms with van der Waals surface area (Å²) in [4.78, 5) is 0. The highest BCUT2D eigenvalue weighted by atomic mass is 32.2. The molecule has 1 N–H and O–H groups in total. The van der Waals surface area contributed by atoms with Gasteiger partial charge in [0.05, 0.1) is 9.77 Å². The van der Waals surface area contributed by atoms with E-state index in [4.69, 9.17) is 22.9 Å². The molecule has 0 aromatic heterocycles. The molecule has 1 aliphatic heterocycles. The van der Waals surface area contributed by atoms with E-state index in [0.29, 0.717) is 12.0 Å². The molecule has 0 fully saturated rings. The Balaban J connectivity index is 2.56. The summed E-state index contributed by atoms with van der Waals surface area (Å²) in [5.74, 6) is 0. The van der Waals surface area contributed by atoms with Crippen LogP contribution in [0.15, 0.2) is 35.9 Å². The number of hydrogen-bond acceptors (Lipinski definition) is 4. The first-order chi connectivity index (χ1) is 7.72. The minimum Gasteiger partial charge on any atom is -0.292 e.